The molecule has 0 aliphatic rings. The highest BCUT2D eigenvalue weighted by Crippen LogP contribution is 2.11. The Morgan fingerprint density at radius 1 is 1.07 bits per heavy atom. The molecule has 0 saturated heterocycles. The van der Waals surface area contributed by atoms with E-state index >= 15 is 0 Å². The number of fused-ring (bicyclic) bond motifs is 1. The first-order valence-corrected chi connectivity index (χ1v) is 8.74. The number of pyridine rings is 1. The van der Waals surface area contributed by atoms with Gasteiger partial charge < -0.3 is 15.4 Å². The van der Waals surface area contributed by atoms with Gasteiger partial charge in [-0.1, -0.05) is 6.07 Å². The van der Waals surface area contributed by atoms with Gasteiger partial charge in [0, 0.05) is 24.7 Å². The van der Waals surface area contributed by atoms with Gasteiger partial charge in [-0.3, -0.25) is 14.0 Å². The van der Waals surface area contributed by atoms with Crippen molar-refractivity contribution in [1.82, 2.24) is 25.2 Å². The molecule has 0 atom stereocenters. The lowest BCUT2D eigenvalue weighted by Gasteiger charge is -2.07. The molecule has 3 rings (SSSR count). The Morgan fingerprint density at radius 3 is 2.67 bits per heavy atom. The summed E-state index contributed by atoms with van der Waals surface area (Å²) in [6.45, 7) is 2.78. The molecule has 2 amide bonds. The maximum atomic E-state index is 12.1. The molecular weight excluding hydrogens is 346 g/mol. The Kier molecular flexibility index (Phi) is 5.98. The van der Waals surface area contributed by atoms with Gasteiger partial charge in [0.2, 0.25) is 5.91 Å². The number of carbonyl (C=O) groups excluding carboxylic acids is 2. The quantitative estimate of drug-likeness (QED) is 0.624. The van der Waals surface area contributed by atoms with Crippen LogP contribution >= 0.6 is 0 Å². The van der Waals surface area contributed by atoms with Gasteiger partial charge in [0.15, 0.2) is 5.65 Å². The molecule has 8 heteroatoms. The SMILES string of the molecule is CCOc1ccc(C(=O)NCC(=O)NCCc2nnc3ccccn23)cc1. The number of rotatable bonds is 8. The summed E-state index contributed by atoms with van der Waals surface area (Å²) in [6, 6.07) is 12.4. The normalized spacial score (nSPS) is 10.6. The highest BCUT2D eigenvalue weighted by Gasteiger charge is 2.09. The van der Waals surface area contributed by atoms with Crippen molar-refractivity contribution in [3.05, 3.63) is 60.0 Å². The van der Waals surface area contributed by atoms with Gasteiger partial charge >= 0.3 is 0 Å². The lowest BCUT2D eigenvalue weighted by molar-refractivity contribution is -0.120. The summed E-state index contributed by atoms with van der Waals surface area (Å²) in [6.07, 6.45) is 2.42. The number of hydrogen-bond donors (Lipinski definition) is 2. The van der Waals surface area contributed by atoms with Crippen LogP contribution in [0.4, 0.5) is 0 Å². The summed E-state index contributed by atoms with van der Waals surface area (Å²) in [4.78, 5) is 24.0. The zero-order chi connectivity index (χ0) is 19.1. The van der Waals surface area contributed by atoms with Crippen LogP contribution in [0.3, 0.4) is 0 Å². The van der Waals surface area contributed by atoms with E-state index in [1.807, 2.05) is 35.7 Å². The number of amides is 2. The smallest absolute Gasteiger partial charge is 0.251 e. The second kappa shape index (κ2) is 8.79. The standard InChI is InChI=1S/C19H21N5O3/c1-2-27-15-8-6-14(7-9-15)19(26)21-13-18(25)20-11-10-17-23-22-16-5-3-4-12-24(16)17/h3-9,12H,2,10-11,13H2,1H3,(H,20,25)(H,21,26). The Bertz CT molecular complexity index is 920. The molecule has 0 fully saturated rings. The minimum Gasteiger partial charge on any atom is -0.494 e. The summed E-state index contributed by atoms with van der Waals surface area (Å²) in [5.74, 6) is 0.900. The number of hydrogen-bond acceptors (Lipinski definition) is 5. The zero-order valence-electron chi connectivity index (χ0n) is 15.0. The van der Waals surface area contributed by atoms with Gasteiger partial charge in [-0.25, -0.2) is 0 Å². The summed E-state index contributed by atoms with van der Waals surface area (Å²) in [5.41, 5.74) is 1.24. The fourth-order valence-corrected chi connectivity index (χ4v) is 2.57. The van der Waals surface area contributed by atoms with E-state index in [0.717, 1.165) is 11.5 Å². The van der Waals surface area contributed by atoms with E-state index < -0.39 is 0 Å². The van der Waals surface area contributed by atoms with E-state index in [4.69, 9.17) is 4.74 Å². The van der Waals surface area contributed by atoms with E-state index in [-0.39, 0.29) is 18.4 Å². The van der Waals surface area contributed by atoms with Gasteiger partial charge in [0.25, 0.3) is 5.91 Å². The molecule has 0 aliphatic heterocycles. The second-order valence-corrected chi connectivity index (χ2v) is 5.79. The minimum atomic E-state index is -0.309. The first kappa shape index (κ1) is 18.4. The second-order valence-electron chi connectivity index (χ2n) is 5.79. The Balaban J connectivity index is 1.42. The molecule has 8 nitrogen and oxygen atoms in total. The van der Waals surface area contributed by atoms with Gasteiger partial charge in [0.05, 0.1) is 13.2 Å². The summed E-state index contributed by atoms with van der Waals surface area (Å²) in [7, 11) is 0. The Labute approximate surface area is 156 Å². The molecule has 0 aliphatic carbocycles. The topological polar surface area (TPSA) is 97.6 Å². The monoisotopic (exact) mass is 367 g/mol. The van der Waals surface area contributed by atoms with Crippen molar-refractivity contribution in [2.75, 3.05) is 19.7 Å². The van der Waals surface area contributed by atoms with Crippen molar-refractivity contribution < 1.29 is 14.3 Å². The van der Waals surface area contributed by atoms with E-state index in [2.05, 4.69) is 20.8 Å². The minimum absolute atomic E-state index is 0.0906. The number of aromatic nitrogens is 3. The Hall–Kier alpha value is -3.42. The van der Waals surface area contributed by atoms with E-state index in [1.165, 1.54) is 0 Å². The third-order valence-electron chi connectivity index (χ3n) is 3.89. The average molecular weight is 367 g/mol. The van der Waals surface area contributed by atoms with Gasteiger partial charge in [-0.15, -0.1) is 10.2 Å². The summed E-state index contributed by atoms with van der Waals surface area (Å²) in [5, 5.41) is 13.5. The van der Waals surface area contributed by atoms with E-state index in [1.54, 1.807) is 24.3 Å². The number of carbonyl (C=O) groups is 2. The van der Waals surface area contributed by atoms with Gasteiger partial charge in [0.1, 0.15) is 11.6 Å². The lowest BCUT2D eigenvalue weighted by atomic mass is 10.2. The molecule has 0 bridgehead atoms. The first-order valence-electron chi connectivity index (χ1n) is 8.74. The average Bonchev–Trinajstić information content (AvgIpc) is 3.10. The molecule has 0 unspecified atom stereocenters. The van der Waals surface area contributed by atoms with Crippen LogP contribution in [-0.4, -0.2) is 46.1 Å². The molecule has 2 heterocycles. The van der Waals surface area contributed by atoms with E-state index in [9.17, 15) is 9.59 Å². The molecule has 27 heavy (non-hydrogen) atoms. The lowest BCUT2D eigenvalue weighted by Crippen LogP contribution is -2.37. The molecule has 2 aromatic heterocycles. The van der Waals surface area contributed by atoms with Crippen LogP contribution in [0, 0.1) is 0 Å². The van der Waals surface area contributed by atoms with Crippen LogP contribution in [0.1, 0.15) is 23.1 Å². The Morgan fingerprint density at radius 2 is 1.89 bits per heavy atom. The van der Waals surface area contributed by atoms with Crippen molar-refractivity contribution in [3.63, 3.8) is 0 Å². The van der Waals surface area contributed by atoms with Crippen LogP contribution in [0.25, 0.3) is 5.65 Å². The van der Waals surface area contributed by atoms with Crippen molar-refractivity contribution in [3.8, 4) is 5.75 Å². The van der Waals surface area contributed by atoms with Crippen LogP contribution in [0.15, 0.2) is 48.7 Å². The van der Waals surface area contributed by atoms with Crippen molar-refractivity contribution in [2.45, 2.75) is 13.3 Å². The highest BCUT2D eigenvalue weighted by molar-refractivity contribution is 5.96. The van der Waals surface area contributed by atoms with Crippen molar-refractivity contribution in [2.24, 2.45) is 0 Å². The summed E-state index contributed by atoms with van der Waals surface area (Å²) >= 11 is 0. The van der Waals surface area contributed by atoms with E-state index in [0.29, 0.717) is 30.9 Å². The van der Waals surface area contributed by atoms with Crippen molar-refractivity contribution in [1.29, 1.82) is 0 Å². The first-order chi connectivity index (χ1) is 13.2. The van der Waals surface area contributed by atoms with Crippen LogP contribution in [-0.2, 0) is 11.2 Å². The number of ether oxygens (including phenoxy) is 1. The molecule has 0 radical (unpaired) electrons. The maximum Gasteiger partial charge on any atom is 0.251 e. The summed E-state index contributed by atoms with van der Waals surface area (Å²) < 4.78 is 7.21. The highest BCUT2D eigenvalue weighted by atomic mass is 16.5. The van der Waals surface area contributed by atoms with Gasteiger partial charge in [-0.05, 0) is 43.3 Å². The molecule has 1 aromatic carbocycles. The fourth-order valence-electron chi connectivity index (χ4n) is 2.57. The molecule has 0 saturated carbocycles. The largest absolute Gasteiger partial charge is 0.494 e. The maximum absolute atomic E-state index is 12.1. The number of nitrogens with one attached hydrogen (secondary N) is 2. The number of benzene rings is 1. The van der Waals surface area contributed by atoms with Crippen LogP contribution in [0.2, 0.25) is 0 Å². The molecule has 140 valence electrons. The molecule has 0 spiro atoms. The van der Waals surface area contributed by atoms with Crippen LogP contribution < -0.4 is 15.4 Å². The molecular formula is C19H21N5O3. The third-order valence-corrected chi connectivity index (χ3v) is 3.89. The number of nitrogens with zero attached hydrogens (tertiary/aromatic N) is 3. The van der Waals surface area contributed by atoms with Crippen LogP contribution in [0.5, 0.6) is 5.75 Å². The van der Waals surface area contributed by atoms with Crippen molar-refractivity contribution >= 4 is 17.5 Å². The zero-order valence-corrected chi connectivity index (χ0v) is 15.0. The third kappa shape index (κ3) is 4.81. The molecule has 3 aromatic rings. The fraction of sp³-hybridized carbons (Fsp3) is 0.263. The predicted molar refractivity (Wildman–Crippen MR) is 99.6 cm³/mol. The molecule has 2 N–H and O–H groups in total. The van der Waals surface area contributed by atoms with Gasteiger partial charge in [-0.2, -0.15) is 0 Å². The predicted octanol–water partition coefficient (Wildman–Crippen LogP) is 1.22.